The number of aliphatic hydroxyl groups is 1. The van der Waals surface area contributed by atoms with E-state index in [9.17, 15) is 14.7 Å². The Morgan fingerprint density at radius 1 is 1.26 bits per heavy atom. The van der Waals surface area contributed by atoms with Crippen molar-refractivity contribution in [2.24, 2.45) is 17.6 Å². The zero-order chi connectivity index (χ0) is 14.6. The van der Waals surface area contributed by atoms with Crippen LogP contribution in [0.2, 0.25) is 0 Å². The third-order valence-electron chi connectivity index (χ3n) is 3.68. The van der Waals surface area contributed by atoms with E-state index in [1.54, 1.807) is 4.90 Å². The zero-order valence-corrected chi connectivity index (χ0v) is 12.1. The smallest absolute Gasteiger partial charge is 0.242 e. The van der Waals surface area contributed by atoms with Crippen molar-refractivity contribution >= 4 is 11.7 Å². The van der Waals surface area contributed by atoms with Crippen LogP contribution < -0.4 is 5.73 Å². The summed E-state index contributed by atoms with van der Waals surface area (Å²) >= 11 is 0. The number of aliphatic hydroxyl groups excluding tert-OH is 1. The van der Waals surface area contributed by atoms with Crippen LogP contribution >= 0.6 is 0 Å². The minimum atomic E-state index is -0.858. The van der Waals surface area contributed by atoms with Gasteiger partial charge in [-0.15, -0.1) is 0 Å². The van der Waals surface area contributed by atoms with Crippen molar-refractivity contribution in [1.29, 1.82) is 0 Å². The van der Waals surface area contributed by atoms with Crippen molar-refractivity contribution in [2.45, 2.75) is 52.2 Å². The fourth-order valence-electron chi connectivity index (χ4n) is 2.41. The minimum absolute atomic E-state index is 0.0780. The summed E-state index contributed by atoms with van der Waals surface area (Å²) in [6, 6.07) is -0.858. The lowest BCUT2D eigenvalue weighted by atomic mass is 9.88. The van der Waals surface area contributed by atoms with Crippen molar-refractivity contribution in [3.05, 3.63) is 0 Å². The van der Waals surface area contributed by atoms with E-state index >= 15 is 0 Å². The molecule has 1 heterocycles. The van der Waals surface area contributed by atoms with Gasteiger partial charge in [0, 0.05) is 25.4 Å². The van der Waals surface area contributed by atoms with E-state index in [0.717, 1.165) is 0 Å². The second kappa shape index (κ2) is 7.01. The third-order valence-corrected chi connectivity index (χ3v) is 3.68. The van der Waals surface area contributed by atoms with Gasteiger partial charge in [-0.25, -0.2) is 0 Å². The molecule has 1 fully saturated rings. The first-order chi connectivity index (χ1) is 8.82. The summed E-state index contributed by atoms with van der Waals surface area (Å²) in [5.41, 5.74) is 5.64. The lowest BCUT2D eigenvalue weighted by Crippen LogP contribution is -2.51. The Morgan fingerprint density at radius 2 is 1.79 bits per heavy atom. The molecule has 1 aliphatic heterocycles. The van der Waals surface area contributed by atoms with Gasteiger partial charge < -0.3 is 15.7 Å². The number of nitrogens with two attached hydrogens (primary N) is 1. The molecule has 0 radical (unpaired) electrons. The van der Waals surface area contributed by atoms with E-state index in [4.69, 9.17) is 5.73 Å². The second-order valence-electron chi connectivity index (χ2n) is 5.93. The van der Waals surface area contributed by atoms with Crippen LogP contribution in [0.3, 0.4) is 0 Å². The summed E-state index contributed by atoms with van der Waals surface area (Å²) in [6.45, 7) is 6.72. The molecule has 2 atom stereocenters. The van der Waals surface area contributed by atoms with E-state index in [2.05, 4.69) is 0 Å². The van der Waals surface area contributed by atoms with Gasteiger partial charge in [-0.2, -0.15) is 0 Å². The van der Waals surface area contributed by atoms with E-state index in [-0.39, 0.29) is 11.8 Å². The highest BCUT2D eigenvalue weighted by molar-refractivity contribution is 5.84. The average molecular weight is 270 g/mol. The highest BCUT2D eigenvalue weighted by atomic mass is 16.3. The molecule has 0 bridgehead atoms. The molecule has 0 unspecified atom stereocenters. The Balaban J connectivity index is 2.45. The molecule has 1 amide bonds. The van der Waals surface area contributed by atoms with Gasteiger partial charge in [0.15, 0.2) is 0 Å². The number of Topliss-reactive ketones (excluding diaryl/α,β-unsaturated/α-hetero) is 1. The van der Waals surface area contributed by atoms with Gasteiger partial charge in [0.05, 0.1) is 6.10 Å². The fourth-order valence-corrected chi connectivity index (χ4v) is 2.41. The first-order valence-corrected chi connectivity index (χ1v) is 7.08. The van der Waals surface area contributed by atoms with Gasteiger partial charge >= 0.3 is 0 Å². The van der Waals surface area contributed by atoms with Crippen LogP contribution in [0, 0.1) is 11.8 Å². The van der Waals surface area contributed by atoms with Crippen LogP contribution in [0.25, 0.3) is 0 Å². The molecule has 0 aliphatic carbocycles. The van der Waals surface area contributed by atoms with E-state index in [0.29, 0.717) is 44.1 Å². The minimum Gasteiger partial charge on any atom is -0.391 e. The Bertz CT molecular complexity index is 321. The molecular weight excluding hydrogens is 244 g/mol. The number of hydrogen-bond donors (Lipinski definition) is 2. The Morgan fingerprint density at radius 3 is 2.21 bits per heavy atom. The lowest BCUT2D eigenvalue weighted by Gasteiger charge is -2.33. The molecule has 0 aromatic rings. The van der Waals surface area contributed by atoms with Crippen LogP contribution in [0.15, 0.2) is 0 Å². The molecule has 0 saturated carbocycles. The Kier molecular flexibility index (Phi) is 5.94. The summed E-state index contributed by atoms with van der Waals surface area (Å²) in [7, 11) is 0. The summed E-state index contributed by atoms with van der Waals surface area (Å²) in [5.74, 6) is 0.553. The van der Waals surface area contributed by atoms with E-state index in [1.807, 2.05) is 13.8 Å². The molecule has 1 aliphatic rings. The second-order valence-corrected chi connectivity index (χ2v) is 5.93. The standard InChI is InChI=1S/C14H26N2O3/c1-9(2)8-12(18)11-4-6-16(7-5-11)14(19)13(15)10(3)17/h9-11,13,17H,4-8,15H2,1-3H3/t10-,13+/m1/s1. The number of piperidine rings is 1. The number of hydrogen-bond acceptors (Lipinski definition) is 4. The predicted molar refractivity (Wildman–Crippen MR) is 73.4 cm³/mol. The van der Waals surface area contributed by atoms with E-state index < -0.39 is 12.1 Å². The maximum absolute atomic E-state index is 12.0. The van der Waals surface area contributed by atoms with Crippen molar-refractivity contribution in [1.82, 2.24) is 4.90 Å². The molecule has 3 N–H and O–H groups in total. The van der Waals surface area contributed by atoms with Crippen molar-refractivity contribution in [2.75, 3.05) is 13.1 Å². The predicted octanol–water partition coefficient (Wildman–Crippen LogP) is 0.548. The fraction of sp³-hybridized carbons (Fsp3) is 0.857. The molecule has 0 spiro atoms. The van der Waals surface area contributed by atoms with Gasteiger partial charge in [0.25, 0.3) is 0 Å². The SMILES string of the molecule is CC(C)CC(=O)C1CCN(C(=O)[C@@H](N)[C@@H](C)O)CC1. The normalized spacial score (nSPS) is 20.4. The first-order valence-electron chi connectivity index (χ1n) is 7.08. The highest BCUT2D eigenvalue weighted by Gasteiger charge is 2.30. The molecule has 5 heteroatoms. The maximum atomic E-state index is 12.0. The summed E-state index contributed by atoms with van der Waals surface area (Å²) in [6.07, 6.45) is 1.20. The molecule has 1 saturated heterocycles. The Hall–Kier alpha value is -0.940. The third kappa shape index (κ3) is 4.58. The number of likely N-dealkylation sites (tertiary alicyclic amines) is 1. The van der Waals surface area contributed by atoms with Crippen molar-refractivity contribution in [3.8, 4) is 0 Å². The number of ketones is 1. The van der Waals surface area contributed by atoms with Gasteiger partial charge in [0.2, 0.25) is 5.91 Å². The maximum Gasteiger partial charge on any atom is 0.242 e. The van der Waals surface area contributed by atoms with Gasteiger partial charge in [-0.05, 0) is 25.7 Å². The Labute approximate surface area is 115 Å². The van der Waals surface area contributed by atoms with Crippen molar-refractivity contribution < 1.29 is 14.7 Å². The number of nitrogens with zero attached hydrogens (tertiary/aromatic N) is 1. The molecule has 0 aromatic heterocycles. The van der Waals surface area contributed by atoms with Crippen LogP contribution in [-0.4, -0.2) is 46.9 Å². The first kappa shape index (κ1) is 16.1. The molecule has 5 nitrogen and oxygen atoms in total. The summed E-state index contributed by atoms with van der Waals surface area (Å²) in [4.78, 5) is 25.6. The van der Waals surface area contributed by atoms with Gasteiger partial charge in [0.1, 0.15) is 11.8 Å². The molecular formula is C14H26N2O3. The van der Waals surface area contributed by atoms with Crippen LogP contribution in [-0.2, 0) is 9.59 Å². The quantitative estimate of drug-likeness (QED) is 0.764. The lowest BCUT2D eigenvalue weighted by molar-refractivity contribution is -0.138. The van der Waals surface area contributed by atoms with Gasteiger partial charge in [-0.3, -0.25) is 9.59 Å². The van der Waals surface area contributed by atoms with Crippen molar-refractivity contribution in [3.63, 3.8) is 0 Å². The van der Waals surface area contributed by atoms with Crippen LogP contribution in [0.4, 0.5) is 0 Å². The summed E-state index contributed by atoms with van der Waals surface area (Å²) in [5, 5.41) is 9.33. The number of amides is 1. The molecule has 1 rings (SSSR count). The zero-order valence-electron chi connectivity index (χ0n) is 12.1. The summed E-state index contributed by atoms with van der Waals surface area (Å²) < 4.78 is 0. The highest BCUT2D eigenvalue weighted by Crippen LogP contribution is 2.21. The number of carbonyl (C=O) groups is 2. The number of rotatable bonds is 5. The monoisotopic (exact) mass is 270 g/mol. The van der Waals surface area contributed by atoms with Gasteiger partial charge in [-0.1, -0.05) is 13.8 Å². The van der Waals surface area contributed by atoms with Crippen LogP contribution in [0.1, 0.15) is 40.0 Å². The number of carbonyl (C=O) groups excluding carboxylic acids is 2. The van der Waals surface area contributed by atoms with E-state index in [1.165, 1.54) is 6.92 Å². The average Bonchev–Trinajstić information content (AvgIpc) is 2.36. The topological polar surface area (TPSA) is 83.6 Å². The largest absolute Gasteiger partial charge is 0.391 e. The molecule has 19 heavy (non-hydrogen) atoms. The van der Waals surface area contributed by atoms with Crippen LogP contribution in [0.5, 0.6) is 0 Å². The molecule has 0 aromatic carbocycles. The molecule has 110 valence electrons.